The highest BCUT2D eigenvalue weighted by molar-refractivity contribution is 14.0. The van der Waals surface area contributed by atoms with E-state index in [4.69, 9.17) is 10.2 Å². The molecular weight excluding hydrogens is 433 g/mol. The van der Waals surface area contributed by atoms with Crippen LogP contribution in [0.15, 0.2) is 21.5 Å². The molecule has 0 bridgehead atoms. The van der Waals surface area contributed by atoms with E-state index < -0.39 is 5.91 Å². The van der Waals surface area contributed by atoms with E-state index >= 15 is 0 Å². The molecule has 0 spiro atoms. The van der Waals surface area contributed by atoms with Gasteiger partial charge in [-0.15, -0.1) is 24.0 Å². The zero-order chi connectivity index (χ0) is 17.5. The van der Waals surface area contributed by atoms with Crippen LogP contribution in [0, 0.1) is 0 Å². The summed E-state index contributed by atoms with van der Waals surface area (Å²) in [5.74, 6) is 1.000. The molecule has 2 rings (SSSR count). The molecular formula is C17H30IN5O2. The summed E-state index contributed by atoms with van der Waals surface area (Å²) >= 11 is 0. The van der Waals surface area contributed by atoms with Gasteiger partial charge in [0.15, 0.2) is 11.7 Å². The van der Waals surface area contributed by atoms with Crippen LogP contribution >= 0.6 is 24.0 Å². The number of guanidine groups is 1. The number of nitrogens with two attached hydrogens (primary N) is 1. The number of amides is 1. The number of aliphatic imine (C=N–C) groups is 1. The van der Waals surface area contributed by atoms with Crippen molar-refractivity contribution < 1.29 is 9.21 Å². The minimum Gasteiger partial charge on any atom is -0.454 e. The average molecular weight is 463 g/mol. The lowest BCUT2D eigenvalue weighted by molar-refractivity contribution is 0.0972. The third-order valence-electron chi connectivity index (χ3n) is 4.24. The van der Waals surface area contributed by atoms with Crippen molar-refractivity contribution in [1.82, 2.24) is 15.5 Å². The summed E-state index contributed by atoms with van der Waals surface area (Å²) in [6.45, 7) is 9.89. The summed E-state index contributed by atoms with van der Waals surface area (Å²) < 4.78 is 5.36. The van der Waals surface area contributed by atoms with Crippen LogP contribution < -0.4 is 16.4 Å². The smallest absolute Gasteiger partial charge is 0.284 e. The van der Waals surface area contributed by atoms with Crippen LogP contribution in [0.5, 0.6) is 0 Å². The Hall–Kier alpha value is -1.29. The standard InChI is InChI=1S/C17H29N5O2.HI/c1-4-19-17(20-11-14-5-6-15(24-14)16(18)23)21-13-7-9-22(10-8-13)12(2)3;/h5-6,12-13H,4,7-11H2,1-3H3,(H2,18,23)(H2,19,20,21);1H. The van der Waals surface area contributed by atoms with Crippen LogP contribution in [-0.2, 0) is 6.54 Å². The van der Waals surface area contributed by atoms with E-state index in [9.17, 15) is 4.79 Å². The monoisotopic (exact) mass is 463 g/mol. The van der Waals surface area contributed by atoms with E-state index in [0.717, 1.165) is 38.4 Å². The van der Waals surface area contributed by atoms with Gasteiger partial charge in [0.25, 0.3) is 5.91 Å². The Morgan fingerprint density at radius 1 is 1.40 bits per heavy atom. The summed E-state index contributed by atoms with van der Waals surface area (Å²) in [4.78, 5) is 18.1. The lowest BCUT2D eigenvalue weighted by Crippen LogP contribution is -2.49. The van der Waals surface area contributed by atoms with Gasteiger partial charge in [-0.1, -0.05) is 0 Å². The molecule has 1 aromatic rings. The molecule has 25 heavy (non-hydrogen) atoms. The average Bonchev–Trinajstić information content (AvgIpc) is 3.02. The Morgan fingerprint density at radius 2 is 2.08 bits per heavy atom. The van der Waals surface area contributed by atoms with Crippen LogP contribution in [0.2, 0.25) is 0 Å². The Kier molecular flexibility index (Phi) is 9.26. The SMILES string of the molecule is CCNC(=NCc1ccc(C(N)=O)o1)NC1CCN(C(C)C)CC1.I. The maximum absolute atomic E-state index is 11.1. The zero-order valence-electron chi connectivity index (χ0n) is 15.2. The van der Waals surface area contributed by atoms with Crippen molar-refractivity contribution in [2.75, 3.05) is 19.6 Å². The first-order valence-corrected chi connectivity index (χ1v) is 8.67. The lowest BCUT2D eigenvalue weighted by atomic mass is 10.0. The second-order valence-electron chi connectivity index (χ2n) is 6.37. The number of piperidine rings is 1. The first-order chi connectivity index (χ1) is 11.5. The molecule has 1 saturated heterocycles. The van der Waals surface area contributed by atoms with E-state index in [0.29, 0.717) is 24.4 Å². The molecule has 7 nitrogen and oxygen atoms in total. The molecule has 2 heterocycles. The number of carbonyl (C=O) groups excluding carboxylic acids is 1. The van der Waals surface area contributed by atoms with E-state index in [1.165, 1.54) is 0 Å². The number of primary amides is 1. The molecule has 1 aromatic heterocycles. The molecule has 0 radical (unpaired) electrons. The molecule has 4 N–H and O–H groups in total. The molecule has 1 amide bonds. The number of furan rings is 1. The Balaban J connectivity index is 0.00000312. The maximum atomic E-state index is 11.1. The van der Waals surface area contributed by atoms with Gasteiger partial charge in [0, 0.05) is 31.7 Å². The molecule has 1 aliphatic rings. The Bertz CT molecular complexity index is 565. The van der Waals surface area contributed by atoms with Gasteiger partial charge < -0.3 is 25.7 Å². The first-order valence-electron chi connectivity index (χ1n) is 8.67. The fraction of sp³-hybridized carbons (Fsp3) is 0.647. The highest BCUT2D eigenvalue weighted by Gasteiger charge is 2.21. The lowest BCUT2D eigenvalue weighted by Gasteiger charge is -2.35. The second kappa shape index (κ2) is 10.6. The van der Waals surface area contributed by atoms with Gasteiger partial charge in [-0.05, 0) is 45.7 Å². The summed E-state index contributed by atoms with van der Waals surface area (Å²) in [6, 6.07) is 4.34. The number of nitrogens with zero attached hydrogens (tertiary/aromatic N) is 2. The van der Waals surface area contributed by atoms with Gasteiger partial charge in [0.1, 0.15) is 12.3 Å². The fourth-order valence-corrected chi connectivity index (χ4v) is 2.83. The van der Waals surface area contributed by atoms with Gasteiger partial charge >= 0.3 is 0 Å². The summed E-state index contributed by atoms with van der Waals surface area (Å²) in [5, 5.41) is 6.75. The fourth-order valence-electron chi connectivity index (χ4n) is 2.83. The number of hydrogen-bond acceptors (Lipinski definition) is 4. The predicted molar refractivity (Wildman–Crippen MR) is 110 cm³/mol. The number of nitrogens with one attached hydrogen (secondary N) is 2. The largest absolute Gasteiger partial charge is 0.454 e. The van der Waals surface area contributed by atoms with E-state index in [1.54, 1.807) is 12.1 Å². The molecule has 8 heteroatoms. The van der Waals surface area contributed by atoms with Crippen molar-refractivity contribution in [2.24, 2.45) is 10.7 Å². The minimum absolute atomic E-state index is 0. The number of hydrogen-bond donors (Lipinski definition) is 3. The number of likely N-dealkylation sites (tertiary alicyclic amines) is 1. The van der Waals surface area contributed by atoms with Gasteiger partial charge in [0.05, 0.1) is 0 Å². The summed E-state index contributed by atoms with van der Waals surface area (Å²) in [7, 11) is 0. The van der Waals surface area contributed by atoms with Crippen LogP contribution in [0.3, 0.4) is 0 Å². The molecule has 0 saturated carbocycles. The third-order valence-corrected chi connectivity index (χ3v) is 4.24. The van der Waals surface area contributed by atoms with Crippen molar-refractivity contribution in [3.05, 3.63) is 23.7 Å². The molecule has 1 aliphatic heterocycles. The zero-order valence-corrected chi connectivity index (χ0v) is 17.6. The van der Waals surface area contributed by atoms with Gasteiger partial charge in [0.2, 0.25) is 0 Å². The highest BCUT2D eigenvalue weighted by Crippen LogP contribution is 2.13. The topological polar surface area (TPSA) is 95.9 Å². The van der Waals surface area contributed by atoms with Gasteiger partial charge in [-0.2, -0.15) is 0 Å². The number of rotatable bonds is 6. The van der Waals surface area contributed by atoms with Crippen LogP contribution in [0.4, 0.5) is 0 Å². The molecule has 0 aromatic carbocycles. The van der Waals surface area contributed by atoms with Crippen LogP contribution in [0.1, 0.15) is 49.9 Å². The molecule has 1 fully saturated rings. The quantitative estimate of drug-likeness (QED) is 0.341. The normalized spacial score (nSPS) is 16.6. The van der Waals surface area contributed by atoms with Crippen LogP contribution in [-0.4, -0.2) is 48.5 Å². The van der Waals surface area contributed by atoms with Crippen molar-refractivity contribution in [1.29, 1.82) is 0 Å². The Morgan fingerprint density at radius 3 is 2.60 bits per heavy atom. The van der Waals surface area contributed by atoms with Crippen molar-refractivity contribution in [2.45, 2.75) is 52.2 Å². The van der Waals surface area contributed by atoms with Crippen molar-refractivity contribution in [3.63, 3.8) is 0 Å². The summed E-state index contributed by atoms with van der Waals surface area (Å²) in [6.07, 6.45) is 2.21. The first kappa shape index (κ1) is 21.8. The molecule has 0 aliphatic carbocycles. The predicted octanol–water partition coefficient (Wildman–Crippen LogP) is 1.92. The van der Waals surface area contributed by atoms with Gasteiger partial charge in [-0.25, -0.2) is 4.99 Å². The van der Waals surface area contributed by atoms with Gasteiger partial charge in [-0.3, -0.25) is 4.79 Å². The van der Waals surface area contributed by atoms with E-state index in [2.05, 4.69) is 34.4 Å². The summed E-state index contributed by atoms with van der Waals surface area (Å²) in [5.41, 5.74) is 5.19. The maximum Gasteiger partial charge on any atom is 0.284 e. The number of halogens is 1. The van der Waals surface area contributed by atoms with Crippen molar-refractivity contribution >= 4 is 35.8 Å². The molecule has 142 valence electrons. The minimum atomic E-state index is -0.563. The Labute approximate surface area is 166 Å². The van der Waals surface area contributed by atoms with E-state index in [1.807, 2.05) is 6.92 Å². The second-order valence-corrected chi connectivity index (χ2v) is 6.37. The number of carbonyl (C=O) groups is 1. The van der Waals surface area contributed by atoms with E-state index in [-0.39, 0.29) is 29.7 Å². The third kappa shape index (κ3) is 6.85. The van der Waals surface area contributed by atoms with Crippen LogP contribution in [0.25, 0.3) is 0 Å². The van der Waals surface area contributed by atoms with Crippen molar-refractivity contribution in [3.8, 4) is 0 Å². The molecule has 0 unspecified atom stereocenters. The highest BCUT2D eigenvalue weighted by atomic mass is 127. The molecule has 0 atom stereocenters.